The predicted octanol–water partition coefficient (Wildman–Crippen LogP) is 3.67. The maximum atomic E-state index is 11.4. The summed E-state index contributed by atoms with van der Waals surface area (Å²) in [4.78, 5) is 13.8. The molecular formula is C20H21N3O3. The summed E-state index contributed by atoms with van der Waals surface area (Å²) in [5.74, 6) is 0.968. The number of carbonyl (C=O) groups is 1. The molecule has 3 heterocycles. The van der Waals surface area contributed by atoms with Gasteiger partial charge in [0.2, 0.25) is 0 Å². The molecule has 6 heteroatoms. The Bertz CT molecular complexity index is 928. The van der Waals surface area contributed by atoms with Gasteiger partial charge in [0.15, 0.2) is 0 Å². The lowest BCUT2D eigenvalue weighted by Crippen LogP contribution is -2.19. The van der Waals surface area contributed by atoms with Crippen molar-refractivity contribution in [3.8, 4) is 11.3 Å². The van der Waals surface area contributed by atoms with Crippen LogP contribution < -0.4 is 0 Å². The average molecular weight is 351 g/mol. The zero-order valence-electron chi connectivity index (χ0n) is 14.6. The first-order chi connectivity index (χ1) is 12.6. The molecule has 1 aromatic carbocycles. The van der Waals surface area contributed by atoms with Crippen LogP contribution in [0.25, 0.3) is 11.3 Å². The van der Waals surface area contributed by atoms with E-state index < -0.39 is 5.97 Å². The van der Waals surface area contributed by atoms with Crippen LogP contribution in [-0.2, 0) is 6.54 Å². The maximum absolute atomic E-state index is 11.4. The van der Waals surface area contributed by atoms with Crippen LogP contribution in [0.2, 0.25) is 0 Å². The van der Waals surface area contributed by atoms with Crippen LogP contribution in [-0.4, -0.2) is 39.3 Å². The van der Waals surface area contributed by atoms with Gasteiger partial charge in [-0.25, -0.2) is 4.79 Å². The highest BCUT2D eigenvalue weighted by molar-refractivity contribution is 5.95. The van der Waals surface area contributed by atoms with E-state index in [1.807, 2.05) is 24.4 Å². The molecular weight excluding hydrogens is 330 g/mol. The summed E-state index contributed by atoms with van der Waals surface area (Å²) in [7, 11) is 0. The molecule has 1 saturated heterocycles. The summed E-state index contributed by atoms with van der Waals surface area (Å²) < 4.78 is 5.95. The Hall–Kier alpha value is -2.86. The van der Waals surface area contributed by atoms with Crippen LogP contribution in [0.1, 0.15) is 39.7 Å². The minimum Gasteiger partial charge on any atom is -0.478 e. The largest absolute Gasteiger partial charge is 0.478 e. The Labute approximate surface area is 151 Å². The fraction of sp³-hybridized carbons (Fsp3) is 0.300. The number of carboxylic acids is 1. The lowest BCUT2D eigenvalue weighted by molar-refractivity contribution is 0.0697. The number of aryl methyl sites for hydroxylation is 1. The molecule has 0 unspecified atom stereocenters. The van der Waals surface area contributed by atoms with Crippen molar-refractivity contribution in [2.45, 2.75) is 25.8 Å². The molecule has 0 amide bonds. The number of carboxylic acid groups (broad SMARTS) is 1. The van der Waals surface area contributed by atoms with E-state index in [-0.39, 0.29) is 5.56 Å². The molecule has 0 bridgehead atoms. The summed E-state index contributed by atoms with van der Waals surface area (Å²) in [5, 5.41) is 16.6. The van der Waals surface area contributed by atoms with Gasteiger partial charge in [0.1, 0.15) is 11.5 Å². The van der Waals surface area contributed by atoms with E-state index in [0.29, 0.717) is 17.2 Å². The van der Waals surface area contributed by atoms with Gasteiger partial charge in [0.25, 0.3) is 0 Å². The van der Waals surface area contributed by atoms with Gasteiger partial charge in [0.05, 0.1) is 18.3 Å². The summed E-state index contributed by atoms with van der Waals surface area (Å²) >= 11 is 0. The molecule has 2 aromatic heterocycles. The van der Waals surface area contributed by atoms with Crippen molar-refractivity contribution in [2.24, 2.45) is 0 Å². The van der Waals surface area contributed by atoms with Crippen molar-refractivity contribution in [2.75, 3.05) is 13.1 Å². The minimum absolute atomic E-state index is 0.254. The second-order valence-corrected chi connectivity index (χ2v) is 6.80. The monoisotopic (exact) mass is 351 g/mol. The Morgan fingerprint density at radius 3 is 2.96 bits per heavy atom. The van der Waals surface area contributed by atoms with Crippen LogP contribution in [0.5, 0.6) is 0 Å². The van der Waals surface area contributed by atoms with Crippen LogP contribution in [0.3, 0.4) is 0 Å². The number of H-pyrrole nitrogens is 1. The molecule has 0 saturated carbocycles. The van der Waals surface area contributed by atoms with Gasteiger partial charge in [-0.15, -0.1) is 0 Å². The van der Waals surface area contributed by atoms with E-state index in [2.05, 4.69) is 22.0 Å². The molecule has 0 spiro atoms. The smallest absolute Gasteiger partial charge is 0.336 e. The molecule has 1 aliphatic heterocycles. The first kappa shape index (κ1) is 16.6. The quantitative estimate of drug-likeness (QED) is 0.733. The second kappa shape index (κ2) is 6.80. The highest BCUT2D eigenvalue weighted by Gasteiger charge is 2.26. The van der Waals surface area contributed by atoms with Crippen molar-refractivity contribution in [1.29, 1.82) is 0 Å². The zero-order chi connectivity index (χ0) is 18.1. The Morgan fingerprint density at radius 1 is 1.35 bits per heavy atom. The molecule has 2 N–H and O–H groups in total. The number of aromatic nitrogens is 2. The molecule has 1 fully saturated rings. The Kier molecular flexibility index (Phi) is 4.34. The normalized spacial score (nSPS) is 17.7. The minimum atomic E-state index is -0.948. The topological polar surface area (TPSA) is 82.4 Å². The van der Waals surface area contributed by atoms with Crippen LogP contribution in [0, 0.1) is 6.92 Å². The van der Waals surface area contributed by atoms with Crippen molar-refractivity contribution in [3.05, 3.63) is 65.2 Å². The first-order valence-corrected chi connectivity index (χ1v) is 8.75. The molecule has 1 aliphatic rings. The first-order valence-electron chi connectivity index (χ1n) is 8.75. The summed E-state index contributed by atoms with van der Waals surface area (Å²) in [5.41, 5.74) is 3.30. The average Bonchev–Trinajstić information content (AvgIpc) is 3.36. The number of nitrogens with zero attached hydrogens (tertiary/aromatic N) is 2. The zero-order valence-corrected chi connectivity index (χ0v) is 14.6. The van der Waals surface area contributed by atoms with Crippen molar-refractivity contribution < 1.29 is 14.3 Å². The second-order valence-electron chi connectivity index (χ2n) is 6.80. The number of likely N-dealkylation sites (tertiary alicyclic amines) is 1. The molecule has 6 nitrogen and oxygen atoms in total. The highest BCUT2D eigenvalue weighted by atomic mass is 16.4. The summed E-state index contributed by atoms with van der Waals surface area (Å²) in [6.45, 7) is 4.77. The standard InChI is InChI=1S/C20H21N3O3/c1-13-10-21-22-19(13)14-8-9-23(11-14)12-15-6-7-18(26-15)16-4-2-3-5-17(16)20(24)25/h2-7,10,14H,8-9,11-12H2,1H3,(H,21,22)(H,24,25)/t14-/m1/s1. The summed E-state index contributed by atoms with van der Waals surface area (Å²) in [6.07, 6.45) is 2.97. The van der Waals surface area contributed by atoms with Gasteiger partial charge in [-0.2, -0.15) is 5.10 Å². The van der Waals surface area contributed by atoms with Crippen molar-refractivity contribution >= 4 is 5.97 Å². The van der Waals surface area contributed by atoms with E-state index in [1.54, 1.807) is 18.2 Å². The number of furan rings is 1. The number of rotatable bonds is 5. The van der Waals surface area contributed by atoms with E-state index in [1.165, 1.54) is 11.3 Å². The molecule has 3 aromatic rings. The number of aromatic amines is 1. The third-order valence-corrected chi connectivity index (χ3v) is 5.01. The Morgan fingerprint density at radius 2 is 2.19 bits per heavy atom. The van der Waals surface area contributed by atoms with Crippen LogP contribution in [0.4, 0.5) is 0 Å². The SMILES string of the molecule is Cc1cn[nH]c1[C@@H]1CCN(Cc2ccc(-c3ccccc3C(=O)O)o2)C1. The fourth-order valence-corrected chi connectivity index (χ4v) is 3.69. The van der Waals surface area contributed by atoms with Crippen LogP contribution >= 0.6 is 0 Å². The predicted molar refractivity (Wildman–Crippen MR) is 97.1 cm³/mol. The lowest BCUT2D eigenvalue weighted by Gasteiger charge is -2.14. The molecule has 134 valence electrons. The fourth-order valence-electron chi connectivity index (χ4n) is 3.69. The van der Waals surface area contributed by atoms with Gasteiger partial charge in [-0.05, 0) is 43.7 Å². The van der Waals surface area contributed by atoms with Gasteiger partial charge in [-0.3, -0.25) is 10.00 Å². The van der Waals surface area contributed by atoms with Gasteiger partial charge in [-0.1, -0.05) is 18.2 Å². The molecule has 0 radical (unpaired) electrons. The molecule has 26 heavy (non-hydrogen) atoms. The van der Waals surface area contributed by atoms with E-state index >= 15 is 0 Å². The summed E-state index contributed by atoms with van der Waals surface area (Å²) in [6, 6.07) is 10.7. The van der Waals surface area contributed by atoms with E-state index in [4.69, 9.17) is 4.42 Å². The maximum Gasteiger partial charge on any atom is 0.336 e. The lowest BCUT2D eigenvalue weighted by atomic mass is 10.0. The van der Waals surface area contributed by atoms with E-state index in [0.717, 1.165) is 31.8 Å². The van der Waals surface area contributed by atoms with E-state index in [9.17, 15) is 9.90 Å². The molecule has 1 atom stereocenters. The van der Waals surface area contributed by atoms with Gasteiger partial charge in [0, 0.05) is 23.7 Å². The number of benzene rings is 1. The highest BCUT2D eigenvalue weighted by Crippen LogP contribution is 2.30. The molecule has 0 aliphatic carbocycles. The number of hydrogen-bond acceptors (Lipinski definition) is 4. The van der Waals surface area contributed by atoms with Crippen molar-refractivity contribution in [3.63, 3.8) is 0 Å². The third-order valence-electron chi connectivity index (χ3n) is 5.01. The van der Waals surface area contributed by atoms with Crippen LogP contribution in [0.15, 0.2) is 47.0 Å². The number of aromatic carboxylic acids is 1. The third kappa shape index (κ3) is 3.15. The number of nitrogens with one attached hydrogen (secondary N) is 1. The Balaban J connectivity index is 1.47. The molecule has 4 rings (SSSR count). The van der Waals surface area contributed by atoms with Crippen molar-refractivity contribution in [1.82, 2.24) is 15.1 Å². The number of hydrogen-bond donors (Lipinski definition) is 2. The van der Waals surface area contributed by atoms with Gasteiger partial charge < -0.3 is 9.52 Å². The van der Waals surface area contributed by atoms with Gasteiger partial charge >= 0.3 is 5.97 Å².